The Morgan fingerprint density at radius 1 is 0.746 bits per heavy atom. The molecule has 8 atom stereocenters. The number of benzene rings is 2. The number of nitrogens with zero attached hydrogens (tertiary/aromatic N) is 5. The summed E-state index contributed by atoms with van der Waals surface area (Å²) in [6.07, 6.45) is 8.85. The number of nitrogens with one attached hydrogen (secondary N) is 3. The molecule has 45 heteroatoms. The van der Waals surface area contributed by atoms with Crippen molar-refractivity contribution in [1.82, 2.24) is 30.5 Å². The van der Waals surface area contributed by atoms with Gasteiger partial charge in [0.25, 0.3) is 20.2 Å². The number of ether oxygens (including phenoxy) is 1. The Morgan fingerprint density at radius 2 is 1.36 bits per heavy atom. The highest BCUT2D eigenvalue weighted by Crippen LogP contribution is 2.66. The lowest BCUT2D eigenvalue weighted by molar-refractivity contribution is -0.438. The number of aliphatic hydroxyl groups excluding tert-OH is 1. The third-order valence-corrected chi connectivity index (χ3v) is 26.4. The van der Waals surface area contributed by atoms with Crippen LogP contribution in [0, 0.1) is 11.8 Å². The first-order valence-corrected chi connectivity index (χ1v) is 45.4. The molecule has 0 aliphatic carbocycles. The number of aliphatic carboxylic acids is 3. The van der Waals surface area contributed by atoms with E-state index in [1.165, 1.54) is 56.6 Å². The number of aromatic nitrogens is 3. The Balaban J connectivity index is 0.958. The van der Waals surface area contributed by atoms with Crippen LogP contribution in [0.5, 0.6) is 0 Å². The lowest BCUT2D eigenvalue weighted by Gasteiger charge is -2.25. The average molecular weight is 1730 g/mol. The molecule has 0 spiro atoms. The van der Waals surface area contributed by atoms with Crippen molar-refractivity contribution in [2.24, 2.45) is 0 Å². The van der Waals surface area contributed by atoms with Gasteiger partial charge in [0, 0.05) is 110 Å². The number of unbranched alkanes of at least 4 members (excludes halogenated alkanes) is 5. The molecule has 5 heterocycles. The van der Waals surface area contributed by atoms with Gasteiger partial charge in [-0.15, -0.1) is 0 Å². The number of nitrogen functional groups attached to an aromatic ring is 1. The van der Waals surface area contributed by atoms with Crippen molar-refractivity contribution in [2.75, 3.05) is 41.8 Å². The van der Waals surface area contributed by atoms with Crippen molar-refractivity contribution in [3.05, 3.63) is 102 Å². The lowest BCUT2D eigenvalue weighted by atomic mass is 9.81. The van der Waals surface area contributed by atoms with Crippen LogP contribution in [-0.2, 0) is 101 Å². The van der Waals surface area contributed by atoms with E-state index in [4.69, 9.17) is 25.4 Å². The molecule has 114 heavy (non-hydrogen) atoms. The van der Waals surface area contributed by atoms with E-state index in [2.05, 4.69) is 50.5 Å². The summed E-state index contributed by atoms with van der Waals surface area (Å²) in [7, 11) is -23.5. The van der Waals surface area contributed by atoms with Crippen LogP contribution in [0.2, 0.25) is 0 Å². The van der Waals surface area contributed by atoms with Crippen molar-refractivity contribution in [3.63, 3.8) is 0 Å². The van der Waals surface area contributed by atoms with Crippen LogP contribution in [0.4, 0.5) is 17.2 Å². The maximum absolute atomic E-state index is 14.0. The summed E-state index contributed by atoms with van der Waals surface area (Å²) in [4.78, 5) is 148. The van der Waals surface area contributed by atoms with Crippen LogP contribution in [-0.4, -0.2) is 199 Å². The molecule has 4 aromatic rings. The molecule has 1 saturated heterocycles. The standard InChI is InChI=1S/C69H90N9O29P3S4/c1-6-76-51-28-26-44(113(98,99)100)33-46(51)68(2,3)56(76)22-12-9-13-23-57-69(4,5)47-34-45(114(101,102)103)27-29-52(47)77(57)31-18-10-15-25-59(83)74-50(53(80)21-11-7-8-14-24-58(82)73-48(35-61(84)85)66(88)75-49(67(89)90)36-62(86)87)40-112-111-32-30-43(79)20-17-16-19-42-38-78(65-63(42)64(70)71-41-72-65)60-37-54(81)55(105-60)39-104-109(94,95)107-110(96,97)106-108(91,92)93/h9,12-13,22-23,26-29,33-34,38,41,48-50,54-55,60,81H,6-8,10-11,14-15,17-18,20-21,24-25,30-32,35-37,39-40H2,1-5H3,(H13-,70,71,72,73,74,75,82,83,84,85,86,87,88,89,90,91,92,93,94,95,96,97,98,99,100,101,102,103)/p+1/t48?,49?,50?,54?,55-,60-/m1/s1. The number of hydrogen-bond acceptors (Lipinski definition) is 26. The first-order chi connectivity index (χ1) is 53.2. The van der Waals surface area contributed by atoms with Crippen molar-refractivity contribution in [2.45, 2.75) is 195 Å². The van der Waals surface area contributed by atoms with Gasteiger partial charge in [0.05, 0.1) is 57.7 Å². The third-order valence-electron chi connectivity index (χ3n) is 18.5. The number of aliphatic hydroxyl groups is 1. The highest BCUT2D eigenvalue weighted by atomic mass is 33.1. The molecule has 0 saturated carbocycles. The normalized spacial score (nSPS) is 18.9. The van der Waals surface area contributed by atoms with Crippen LogP contribution in [0.3, 0.4) is 0 Å². The Bertz CT molecular complexity index is 4900. The van der Waals surface area contributed by atoms with Gasteiger partial charge in [-0.1, -0.05) is 78.3 Å². The zero-order valence-corrected chi connectivity index (χ0v) is 68.3. The Kier molecular flexibility index (Phi) is 33.0. The van der Waals surface area contributed by atoms with Gasteiger partial charge in [-0.05, 0) is 88.4 Å². The minimum absolute atomic E-state index is 0.00207. The smallest absolute Gasteiger partial charge is 0.481 e. The predicted molar refractivity (Wildman–Crippen MR) is 414 cm³/mol. The Labute approximate surface area is 663 Å². The zero-order valence-electron chi connectivity index (χ0n) is 62.3. The number of carbonyl (C=O) groups is 8. The molecule has 624 valence electrons. The molecule has 15 N–H and O–H groups in total. The number of amides is 3. The number of hydrogen-bond donors (Lipinski definition) is 14. The fourth-order valence-corrected chi connectivity index (χ4v) is 19.2. The fraction of sp³-hybridized carbons (Fsp3) is 0.493. The zero-order chi connectivity index (χ0) is 84.5. The van der Waals surface area contributed by atoms with Gasteiger partial charge in [-0.3, -0.25) is 47.2 Å². The molecular weight excluding hydrogens is 1640 g/mol. The monoisotopic (exact) mass is 1730 g/mol. The number of carboxylic acid groups (broad SMARTS) is 3. The van der Waals surface area contributed by atoms with E-state index < -0.39 is 146 Å². The molecule has 6 unspecified atom stereocenters. The SMILES string of the molecule is CCN1C(=CC=CC=CC2=[N+](CCCCCC(=O)NC(CSSCCC(=O)CCC#Cc3cn([C@H]4CC(O)[C@@H](COP(=O)(O)OP(=O)(O)OP(=O)(O)O)O4)c4ncnc(N)c34)C(=O)CCCCCCC(=O)NC(CC(=O)O)C(=O)NC(CC(=O)O)C(=O)O)c3ccc(S(=O)(=O)O)cc3C2(C)C)C(C)(C)c2cc(S(=O)(=O)O)ccc21. The number of fused-ring (bicyclic) bond motifs is 3. The number of allylic oxidation sites excluding steroid dienone is 6. The molecule has 38 nitrogen and oxygen atoms in total. The minimum Gasteiger partial charge on any atom is -0.481 e. The molecule has 3 amide bonds. The predicted octanol–water partition coefficient (Wildman–Crippen LogP) is 6.82. The summed E-state index contributed by atoms with van der Waals surface area (Å²) in [6, 6.07) is 4.28. The van der Waals surface area contributed by atoms with Crippen LogP contribution in [0.1, 0.15) is 160 Å². The Morgan fingerprint density at radius 3 is 1.98 bits per heavy atom. The fourth-order valence-electron chi connectivity index (χ4n) is 12.9. The number of phosphoric acid groups is 3. The molecular formula is C69H91N9O29P3S4+. The molecule has 3 aliphatic rings. The maximum Gasteiger partial charge on any atom is 0.490 e. The van der Waals surface area contributed by atoms with Gasteiger partial charge in [0.15, 0.2) is 11.5 Å². The first-order valence-electron chi connectivity index (χ1n) is 35.5. The highest BCUT2D eigenvalue weighted by Gasteiger charge is 2.47. The number of carbonyl (C=O) groups excluding carboxylic acids is 5. The van der Waals surface area contributed by atoms with E-state index in [-0.39, 0.29) is 95.3 Å². The van der Waals surface area contributed by atoms with E-state index >= 15 is 0 Å². The van der Waals surface area contributed by atoms with Gasteiger partial charge in [0.1, 0.15) is 54.5 Å². The van der Waals surface area contributed by atoms with E-state index in [0.29, 0.717) is 74.2 Å². The highest BCUT2D eigenvalue weighted by molar-refractivity contribution is 8.76. The molecule has 7 rings (SSSR count). The number of nitrogens with two attached hydrogens (primary N) is 1. The van der Waals surface area contributed by atoms with E-state index in [1.807, 2.05) is 74.9 Å². The molecule has 1 fully saturated rings. The van der Waals surface area contributed by atoms with Crippen LogP contribution in [0.25, 0.3) is 11.0 Å². The topological polar surface area (TPSA) is 594 Å². The second kappa shape index (κ2) is 40.3. The Hall–Kier alpha value is -7.88. The van der Waals surface area contributed by atoms with Gasteiger partial charge >= 0.3 is 41.4 Å². The van der Waals surface area contributed by atoms with Gasteiger partial charge < -0.3 is 75.9 Å². The van der Waals surface area contributed by atoms with E-state index in [1.54, 1.807) is 12.1 Å². The van der Waals surface area contributed by atoms with E-state index in [9.17, 15) is 103 Å². The number of anilines is 2. The number of rotatable bonds is 45. The maximum atomic E-state index is 14.0. The quantitative estimate of drug-likeness (QED) is 0.00410. The summed E-state index contributed by atoms with van der Waals surface area (Å²) in [5, 5.41) is 45.9. The van der Waals surface area contributed by atoms with Crippen LogP contribution < -0.4 is 26.6 Å². The summed E-state index contributed by atoms with van der Waals surface area (Å²) in [5.74, 6) is -1.33. The largest absolute Gasteiger partial charge is 0.490 e. The van der Waals surface area contributed by atoms with E-state index in [0.717, 1.165) is 29.0 Å². The summed E-state index contributed by atoms with van der Waals surface area (Å²) >= 11 is 0. The summed E-state index contributed by atoms with van der Waals surface area (Å²) in [6.45, 7) is 9.77. The second-order valence-corrected chi connectivity index (χ2v) is 37.5. The number of phosphoric ester groups is 1. The lowest BCUT2D eigenvalue weighted by Crippen LogP contribution is -2.52. The number of likely N-dealkylation sites (N-methyl/N-ethyl adjacent to an activating group) is 1. The summed E-state index contributed by atoms with van der Waals surface area (Å²) < 4.78 is 125. The number of carboxylic acids is 3. The first kappa shape index (κ1) is 93.3. The van der Waals surface area contributed by atoms with Gasteiger partial charge in [-0.25, -0.2) is 28.5 Å². The molecule has 3 aliphatic heterocycles. The second-order valence-electron chi connectivity index (χ2n) is 27.6. The molecule has 0 radical (unpaired) electrons. The van der Waals surface area contributed by atoms with Crippen molar-refractivity contribution in [1.29, 1.82) is 0 Å². The molecule has 2 aromatic carbocycles. The molecule has 0 bridgehead atoms. The van der Waals surface area contributed by atoms with Crippen molar-refractivity contribution in [3.8, 4) is 11.8 Å². The number of ketones is 2. The average Bonchev–Trinajstić information content (AvgIpc) is 1.61. The van der Waals surface area contributed by atoms with Crippen LogP contribution >= 0.6 is 45.1 Å². The third kappa shape index (κ3) is 26.6. The van der Waals surface area contributed by atoms with Crippen molar-refractivity contribution < 1.29 is 140 Å². The summed E-state index contributed by atoms with van der Waals surface area (Å²) in [5.41, 5.74) is 9.82. The minimum atomic E-state index is -5.83. The van der Waals surface area contributed by atoms with Gasteiger partial charge in [0.2, 0.25) is 23.4 Å². The van der Waals surface area contributed by atoms with Crippen LogP contribution in [0.15, 0.2) is 94.8 Å². The van der Waals surface area contributed by atoms with Crippen molar-refractivity contribution >= 4 is 146 Å². The molecule has 2 aromatic heterocycles. The number of Topliss-reactive ketones (excluding diaryl/α,β-unsaturated/α-hetero) is 2. The van der Waals surface area contributed by atoms with Gasteiger partial charge in [-0.2, -0.15) is 30.0 Å².